The molecule has 0 fully saturated rings. The Morgan fingerprint density at radius 2 is 2.15 bits per heavy atom. The molecule has 0 bridgehead atoms. The second kappa shape index (κ2) is 4.60. The normalized spacial score (nSPS) is 22.0. The molecule has 0 saturated carbocycles. The highest BCUT2D eigenvalue weighted by Crippen LogP contribution is 2.48. The molecule has 1 aromatic rings. The van der Waals surface area contributed by atoms with Crippen LogP contribution in [0.15, 0.2) is 18.2 Å². The van der Waals surface area contributed by atoms with Gasteiger partial charge in [-0.15, -0.1) is 0 Å². The maximum Gasteiger partial charge on any atom is 0.415 e. The minimum absolute atomic E-state index is 0.0137. The van der Waals surface area contributed by atoms with Crippen LogP contribution in [0.25, 0.3) is 0 Å². The van der Waals surface area contributed by atoms with Gasteiger partial charge in [0.1, 0.15) is 0 Å². The highest BCUT2D eigenvalue weighted by molar-refractivity contribution is 6.30. The van der Waals surface area contributed by atoms with Crippen LogP contribution in [0.2, 0.25) is 5.02 Å². The van der Waals surface area contributed by atoms with Crippen LogP contribution < -0.4 is 10.2 Å². The fraction of sp³-hybridized carbons (Fsp3) is 0.308. The van der Waals surface area contributed by atoms with Gasteiger partial charge in [-0.25, -0.2) is 9.69 Å². The number of fused-ring (bicyclic) bond motifs is 1. The van der Waals surface area contributed by atoms with Gasteiger partial charge < -0.3 is 5.32 Å². The molecule has 20 heavy (non-hydrogen) atoms. The smallest absolute Gasteiger partial charge is 0.319 e. The first kappa shape index (κ1) is 14.5. The third kappa shape index (κ3) is 1.90. The van der Waals surface area contributed by atoms with Crippen molar-refractivity contribution >= 4 is 23.3 Å². The zero-order valence-electron chi connectivity index (χ0n) is 10.4. The van der Waals surface area contributed by atoms with Crippen LogP contribution in [-0.4, -0.2) is 12.2 Å². The van der Waals surface area contributed by atoms with Crippen molar-refractivity contribution < 1.29 is 18.0 Å². The molecular formula is C13H10ClF3N2O. The number of alkyl halides is 3. The second-order valence-corrected chi connectivity index (χ2v) is 4.75. The quantitative estimate of drug-likeness (QED) is 0.789. The van der Waals surface area contributed by atoms with Crippen molar-refractivity contribution in [3.05, 3.63) is 28.8 Å². The molecule has 0 aliphatic carbocycles. The Hall–Kier alpha value is -1.87. The number of hydrogen-bond donors (Lipinski definition) is 1. The van der Waals surface area contributed by atoms with E-state index in [-0.39, 0.29) is 22.7 Å². The summed E-state index contributed by atoms with van der Waals surface area (Å²) >= 11 is 5.79. The monoisotopic (exact) mass is 302 g/mol. The standard InChI is InChI=1S/C13H10ClF3N2O/c1-3-12(13(15,16)17)9-7-8(14)5-6-10(9)19(4-2)11(20)18-12/h2,5-7H,3H2,1H3,(H,18,20). The number of halogens is 4. The summed E-state index contributed by atoms with van der Waals surface area (Å²) in [4.78, 5) is 12.6. The van der Waals surface area contributed by atoms with Crippen LogP contribution in [0.3, 0.4) is 0 Å². The zero-order valence-corrected chi connectivity index (χ0v) is 11.1. The highest BCUT2D eigenvalue weighted by Gasteiger charge is 2.59. The summed E-state index contributed by atoms with van der Waals surface area (Å²) in [5, 5.41) is 2.10. The molecule has 1 aromatic carbocycles. The Morgan fingerprint density at radius 1 is 1.50 bits per heavy atom. The summed E-state index contributed by atoms with van der Waals surface area (Å²) in [6.45, 7) is 1.34. The van der Waals surface area contributed by atoms with Gasteiger partial charge in [0.15, 0.2) is 5.54 Å². The summed E-state index contributed by atoms with van der Waals surface area (Å²) in [5.41, 5.74) is -2.63. The first-order chi connectivity index (χ1) is 9.26. The first-order valence-corrected chi connectivity index (χ1v) is 6.10. The van der Waals surface area contributed by atoms with E-state index in [1.54, 1.807) is 0 Å². The van der Waals surface area contributed by atoms with E-state index < -0.39 is 17.7 Å². The molecule has 106 valence electrons. The van der Waals surface area contributed by atoms with Crippen molar-refractivity contribution in [3.63, 3.8) is 0 Å². The summed E-state index contributed by atoms with van der Waals surface area (Å²) in [6, 6.07) is 4.95. The number of carbonyl (C=O) groups is 1. The largest absolute Gasteiger partial charge is 0.415 e. The van der Waals surface area contributed by atoms with Gasteiger partial charge in [-0.2, -0.15) is 13.2 Å². The molecule has 1 aliphatic rings. The predicted molar refractivity (Wildman–Crippen MR) is 69.3 cm³/mol. The lowest BCUT2D eigenvalue weighted by atomic mass is 9.83. The number of amides is 2. The van der Waals surface area contributed by atoms with Crippen molar-refractivity contribution in [3.8, 4) is 12.5 Å². The minimum atomic E-state index is -4.67. The number of anilines is 1. The zero-order chi connectivity index (χ0) is 15.1. The molecule has 1 N–H and O–H groups in total. The van der Waals surface area contributed by atoms with Crippen molar-refractivity contribution in [2.24, 2.45) is 0 Å². The van der Waals surface area contributed by atoms with Gasteiger partial charge in [0.05, 0.1) is 5.69 Å². The molecule has 2 rings (SSSR count). The first-order valence-electron chi connectivity index (χ1n) is 5.72. The van der Waals surface area contributed by atoms with Gasteiger partial charge in [-0.3, -0.25) is 0 Å². The molecule has 0 saturated heterocycles. The molecule has 7 heteroatoms. The number of terminal acetylenes is 1. The molecule has 1 heterocycles. The Bertz CT molecular complexity index is 609. The van der Waals surface area contributed by atoms with E-state index in [0.717, 1.165) is 4.90 Å². The number of carbonyl (C=O) groups excluding carboxylic acids is 1. The highest BCUT2D eigenvalue weighted by atomic mass is 35.5. The summed E-state index contributed by atoms with van der Waals surface area (Å²) in [7, 11) is 0. The Kier molecular flexibility index (Phi) is 3.34. The second-order valence-electron chi connectivity index (χ2n) is 4.31. The Morgan fingerprint density at radius 3 is 2.65 bits per heavy atom. The van der Waals surface area contributed by atoms with E-state index >= 15 is 0 Å². The molecule has 0 radical (unpaired) electrons. The van der Waals surface area contributed by atoms with Crippen LogP contribution in [0.4, 0.5) is 23.7 Å². The summed E-state index contributed by atoms with van der Waals surface area (Å²) < 4.78 is 40.5. The van der Waals surface area contributed by atoms with E-state index in [1.165, 1.54) is 25.1 Å². The van der Waals surface area contributed by atoms with E-state index in [0.29, 0.717) is 0 Å². The molecule has 2 amide bonds. The number of nitrogens with zero attached hydrogens (tertiary/aromatic N) is 1. The minimum Gasteiger partial charge on any atom is -0.319 e. The van der Waals surface area contributed by atoms with Crippen LogP contribution in [0, 0.1) is 12.5 Å². The number of nitrogens with one attached hydrogen (secondary N) is 1. The fourth-order valence-electron chi connectivity index (χ4n) is 2.29. The van der Waals surface area contributed by atoms with Gasteiger partial charge in [-0.1, -0.05) is 24.9 Å². The molecular weight excluding hydrogens is 293 g/mol. The van der Waals surface area contributed by atoms with Crippen LogP contribution in [0.1, 0.15) is 18.9 Å². The lowest BCUT2D eigenvalue weighted by molar-refractivity contribution is -0.198. The summed E-state index contributed by atoms with van der Waals surface area (Å²) in [5.74, 6) is 0. The van der Waals surface area contributed by atoms with Crippen molar-refractivity contribution in [2.75, 3.05) is 4.90 Å². The van der Waals surface area contributed by atoms with E-state index in [9.17, 15) is 18.0 Å². The van der Waals surface area contributed by atoms with E-state index in [4.69, 9.17) is 18.0 Å². The van der Waals surface area contributed by atoms with Crippen molar-refractivity contribution in [1.82, 2.24) is 5.32 Å². The van der Waals surface area contributed by atoms with Gasteiger partial charge in [-0.05, 0) is 24.6 Å². The van der Waals surface area contributed by atoms with Gasteiger partial charge in [0.2, 0.25) is 0 Å². The van der Waals surface area contributed by atoms with Gasteiger partial charge >= 0.3 is 12.2 Å². The average Bonchev–Trinajstić information content (AvgIpc) is 2.36. The lowest BCUT2D eigenvalue weighted by Crippen LogP contribution is -2.61. The molecule has 3 nitrogen and oxygen atoms in total. The van der Waals surface area contributed by atoms with E-state index in [2.05, 4.69) is 6.04 Å². The number of hydrogen-bond acceptors (Lipinski definition) is 1. The lowest BCUT2D eigenvalue weighted by Gasteiger charge is -2.42. The molecule has 1 aliphatic heterocycles. The molecule has 1 atom stereocenters. The average molecular weight is 303 g/mol. The topological polar surface area (TPSA) is 32.3 Å². The van der Waals surface area contributed by atoms with Gasteiger partial charge in [0.25, 0.3) is 0 Å². The Balaban J connectivity index is 2.79. The molecule has 0 spiro atoms. The van der Waals surface area contributed by atoms with Crippen molar-refractivity contribution in [1.29, 1.82) is 0 Å². The summed E-state index contributed by atoms with van der Waals surface area (Å²) in [6.07, 6.45) is 0.150. The van der Waals surface area contributed by atoms with Crippen molar-refractivity contribution in [2.45, 2.75) is 25.1 Å². The maximum atomic E-state index is 13.5. The van der Waals surface area contributed by atoms with Gasteiger partial charge in [0, 0.05) is 16.6 Å². The third-order valence-electron chi connectivity index (χ3n) is 3.33. The Labute approximate surface area is 118 Å². The van der Waals surface area contributed by atoms with Crippen LogP contribution in [-0.2, 0) is 5.54 Å². The fourth-order valence-corrected chi connectivity index (χ4v) is 2.46. The van der Waals surface area contributed by atoms with E-state index in [1.807, 2.05) is 5.32 Å². The number of benzene rings is 1. The molecule has 0 aromatic heterocycles. The number of rotatable bonds is 1. The third-order valence-corrected chi connectivity index (χ3v) is 3.56. The van der Waals surface area contributed by atoms with Crippen LogP contribution >= 0.6 is 11.6 Å². The molecule has 1 unspecified atom stereocenters. The number of urea groups is 1. The predicted octanol–water partition coefficient (Wildman–Crippen LogP) is 3.63. The van der Waals surface area contributed by atoms with Crippen LogP contribution in [0.5, 0.6) is 0 Å². The SMILES string of the molecule is C#CN1C(=O)NC(CC)(C(F)(F)F)c2cc(Cl)ccc21. The maximum absolute atomic E-state index is 13.5.